The van der Waals surface area contributed by atoms with E-state index in [1.807, 2.05) is 19.1 Å². The fourth-order valence-electron chi connectivity index (χ4n) is 2.53. The van der Waals surface area contributed by atoms with Crippen LogP contribution in [0.25, 0.3) is 10.9 Å². The molecule has 2 N–H and O–H groups in total. The van der Waals surface area contributed by atoms with E-state index in [4.69, 9.17) is 27.9 Å². The highest BCUT2D eigenvalue weighted by molar-refractivity contribution is 6.32. The Labute approximate surface area is 149 Å². The number of nitrogens with one attached hydrogen (secondary N) is 2. The number of halogens is 2. The van der Waals surface area contributed by atoms with Crippen LogP contribution in [0.4, 0.5) is 5.69 Å². The summed E-state index contributed by atoms with van der Waals surface area (Å²) in [7, 11) is 1.59. The standard InChI is InChI=1S/C18H16Cl2N2O2/c1-10-5-11-6-12(18(23)22-15(11)8-14(10)20)9-21-16-7-13(19)3-4-17(16)24-2/h3-8,21H,9H2,1-2H3,(H,22,23). The lowest BCUT2D eigenvalue weighted by atomic mass is 10.1. The normalized spacial score (nSPS) is 10.8. The molecule has 0 saturated carbocycles. The van der Waals surface area contributed by atoms with Crippen molar-refractivity contribution in [1.82, 2.24) is 4.98 Å². The summed E-state index contributed by atoms with van der Waals surface area (Å²) in [6.07, 6.45) is 0. The molecule has 0 aliphatic rings. The van der Waals surface area contributed by atoms with Crippen LogP contribution < -0.4 is 15.6 Å². The number of rotatable bonds is 4. The largest absolute Gasteiger partial charge is 0.495 e. The van der Waals surface area contributed by atoms with Gasteiger partial charge in [0, 0.05) is 27.7 Å². The van der Waals surface area contributed by atoms with Crippen LogP contribution in [0.2, 0.25) is 10.0 Å². The Morgan fingerprint density at radius 1 is 1.17 bits per heavy atom. The van der Waals surface area contributed by atoms with E-state index in [2.05, 4.69) is 10.3 Å². The van der Waals surface area contributed by atoms with Crippen LogP contribution in [0, 0.1) is 6.92 Å². The highest BCUT2D eigenvalue weighted by Gasteiger charge is 2.08. The van der Waals surface area contributed by atoms with Crippen molar-refractivity contribution in [3.05, 3.63) is 67.9 Å². The Morgan fingerprint density at radius 3 is 2.71 bits per heavy atom. The lowest BCUT2D eigenvalue weighted by Crippen LogP contribution is -2.16. The Hall–Kier alpha value is -2.17. The number of aromatic nitrogens is 1. The molecule has 0 spiro atoms. The minimum Gasteiger partial charge on any atom is -0.495 e. The van der Waals surface area contributed by atoms with Crippen molar-refractivity contribution < 1.29 is 4.74 Å². The number of ether oxygens (including phenoxy) is 1. The maximum absolute atomic E-state index is 12.3. The number of anilines is 1. The third-order valence-corrected chi connectivity index (χ3v) is 4.47. The third-order valence-electron chi connectivity index (χ3n) is 3.83. The molecule has 124 valence electrons. The van der Waals surface area contributed by atoms with Crippen molar-refractivity contribution >= 4 is 39.8 Å². The molecule has 0 aliphatic carbocycles. The smallest absolute Gasteiger partial charge is 0.253 e. The van der Waals surface area contributed by atoms with Crippen molar-refractivity contribution in [1.29, 1.82) is 0 Å². The Bertz CT molecular complexity index is 967. The number of pyridine rings is 1. The molecule has 0 amide bonds. The Morgan fingerprint density at radius 2 is 1.96 bits per heavy atom. The quantitative estimate of drug-likeness (QED) is 0.703. The summed E-state index contributed by atoms with van der Waals surface area (Å²) in [5, 5.41) is 5.36. The molecule has 0 fully saturated rings. The zero-order valence-corrected chi connectivity index (χ0v) is 14.8. The molecule has 0 saturated heterocycles. The SMILES string of the molecule is COc1ccc(Cl)cc1NCc1cc2cc(C)c(Cl)cc2[nH]c1=O. The van der Waals surface area contributed by atoms with Crippen LogP contribution in [0.5, 0.6) is 5.75 Å². The topological polar surface area (TPSA) is 54.1 Å². The highest BCUT2D eigenvalue weighted by Crippen LogP contribution is 2.28. The van der Waals surface area contributed by atoms with E-state index in [-0.39, 0.29) is 5.56 Å². The van der Waals surface area contributed by atoms with E-state index in [1.165, 1.54) is 0 Å². The third kappa shape index (κ3) is 3.35. The van der Waals surface area contributed by atoms with E-state index in [1.54, 1.807) is 31.4 Å². The molecule has 0 atom stereocenters. The highest BCUT2D eigenvalue weighted by atomic mass is 35.5. The van der Waals surface area contributed by atoms with Crippen molar-refractivity contribution in [2.75, 3.05) is 12.4 Å². The first-order valence-corrected chi connectivity index (χ1v) is 8.13. The van der Waals surface area contributed by atoms with Gasteiger partial charge in [0.2, 0.25) is 0 Å². The van der Waals surface area contributed by atoms with Gasteiger partial charge in [-0.2, -0.15) is 0 Å². The molecular weight excluding hydrogens is 347 g/mol. The van der Waals surface area contributed by atoms with E-state index < -0.39 is 0 Å². The van der Waals surface area contributed by atoms with Gasteiger partial charge in [-0.25, -0.2) is 0 Å². The molecular formula is C18H16Cl2N2O2. The average Bonchev–Trinajstić information content (AvgIpc) is 2.55. The molecule has 1 heterocycles. The molecule has 2 aromatic carbocycles. The first-order valence-electron chi connectivity index (χ1n) is 7.37. The molecule has 1 aromatic heterocycles. The monoisotopic (exact) mass is 362 g/mol. The van der Waals surface area contributed by atoms with Crippen LogP contribution >= 0.6 is 23.2 Å². The number of aromatic amines is 1. The van der Waals surface area contributed by atoms with Gasteiger partial charge in [0.15, 0.2) is 0 Å². The average molecular weight is 363 g/mol. The summed E-state index contributed by atoms with van der Waals surface area (Å²) in [4.78, 5) is 15.1. The van der Waals surface area contributed by atoms with Crippen LogP contribution in [-0.4, -0.2) is 12.1 Å². The number of hydrogen-bond donors (Lipinski definition) is 2. The first-order chi connectivity index (χ1) is 11.5. The maximum Gasteiger partial charge on any atom is 0.253 e. The van der Waals surface area contributed by atoms with Gasteiger partial charge in [0.05, 0.1) is 12.8 Å². The Balaban J connectivity index is 1.93. The summed E-state index contributed by atoms with van der Waals surface area (Å²) in [6, 6.07) is 10.9. The van der Waals surface area contributed by atoms with E-state index in [9.17, 15) is 4.79 Å². The van der Waals surface area contributed by atoms with Crippen LogP contribution in [-0.2, 0) is 6.54 Å². The summed E-state index contributed by atoms with van der Waals surface area (Å²) < 4.78 is 5.30. The molecule has 4 nitrogen and oxygen atoms in total. The number of aryl methyl sites for hydroxylation is 1. The van der Waals surface area contributed by atoms with Crippen LogP contribution in [0.1, 0.15) is 11.1 Å². The minimum absolute atomic E-state index is 0.157. The van der Waals surface area contributed by atoms with Crippen molar-refractivity contribution in [3.8, 4) is 5.75 Å². The molecule has 6 heteroatoms. The summed E-state index contributed by atoms with van der Waals surface area (Å²) >= 11 is 12.1. The van der Waals surface area contributed by atoms with Gasteiger partial charge in [-0.15, -0.1) is 0 Å². The van der Waals surface area contributed by atoms with E-state index in [0.717, 1.165) is 22.2 Å². The molecule has 24 heavy (non-hydrogen) atoms. The number of methoxy groups -OCH3 is 1. The summed E-state index contributed by atoms with van der Waals surface area (Å²) in [5.41, 5.74) is 2.88. The lowest BCUT2D eigenvalue weighted by Gasteiger charge is -2.12. The van der Waals surface area contributed by atoms with Gasteiger partial charge in [0.25, 0.3) is 5.56 Å². The second-order valence-corrected chi connectivity index (χ2v) is 6.35. The number of H-pyrrole nitrogens is 1. The number of benzene rings is 2. The minimum atomic E-state index is -0.157. The zero-order chi connectivity index (χ0) is 17.3. The van der Waals surface area contributed by atoms with Gasteiger partial charge in [0.1, 0.15) is 5.75 Å². The molecule has 3 aromatic rings. The van der Waals surface area contributed by atoms with E-state index in [0.29, 0.717) is 27.9 Å². The van der Waals surface area contributed by atoms with Crippen LogP contribution in [0.3, 0.4) is 0 Å². The van der Waals surface area contributed by atoms with Crippen molar-refractivity contribution in [3.63, 3.8) is 0 Å². The molecule has 3 rings (SSSR count). The van der Waals surface area contributed by atoms with Gasteiger partial charge >= 0.3 is 0 Å². The Kier molecular flexibility index (Phi) is 4.69. The lowest BCUT2D eigenvalue weighted by molar-refractivity contribution is 0.416. The van der Waals surface area contributed by atoms with Crippen LogP contribution in [0.15, 0.2) is 41.2 Å². The van der Waals surface area contributed by atoms with Gasteiger partial charge in [-0.05, 0) is 54.3 Å². The molecule has 0 unspecified atom stereocenters. The zero-order valence-electron chi connectivity index (χ0n) is 13.2. The predicted octanol–water partition coefficient (Wildman–Crippen LogP) is 4.76. The fourth-order valence-corrected chi connectivity index (χ4v) is 2.86. The molecule has 0 radical (unpaired) electrons. The van der Waals surface area contributed by atoms with E-state index >= 15 is 0 Å². The van der Waals surface area contributed by atoms with Crippen molar-refractivity contribution in [2.24, 2.45) is 0 Å². The fraction of sp³-hybridized carbons (Fsp3) is 0.167. The van der Waals surface area contributed by atoms with Gasteiger partial charge in [-0.1, -0.05) is 23.2 Å². The van der Waals surface area contributed by atoms with Gasteiger partial charge in [-0.3, -0.25) is 4.79 Å². The molecule has 0 aliphatic heterocycles. The second kappa shape index (κ2) is 6.75. The summed E-state index contributed by atoms with van der Waals surface area (Å²) in [6.45, 7) is 2.28. The predicted molar refractivity (Wildman–Crippen MR) is 99.6 cm³/mol. The summed E-state index contributed by atoms with van der Waals surface area (Å²) in [5.74, 6) is 0.666. The molecule has 0 bridgehead atoms. The van der Waals surface area contributed by atoms with Crippen molar-refractivity contribution in [2.45, 2.75) is 13.5 Å². The number of fused-ring (bicyclic) bond motifs is 1. The number of hydrogen-bond acceptors (Lipinski definition) is 3. The second-order valence-electron chi connectivity index (χ2n) is 5.51. The van der Waals surface area contributed by atoms with Gasteiger partial charge < -0.3 is 15.0 Å². The maximum atomic E-state index is 12.3. The first kappa shape index (κ1) is 16.7.